The molecular formula is C2H3BrF2S. The van der Waals surface area contributed by atoms with Crippen molar-refractivity contribution in [2.24, 2.45) is 0 Å². The van der Waals surface area contributed by atoms with Gasteiger partial charge < -0.3 is 0 Å². The number of halogens is 3. The summed E-state index contributed by atoms with van der Waals surface area (Å²) < 4.78 is 22.5. The SMILES string of the molecule is FC(F)(S)CBr. The van der Waals surface area contributed by atoms with Gasteiger partial charge in [0.25, 0.3) is 0 Å². The van der Waals surface area contributed by atoms with Gasteiger partial charge in [-0.05, 0) is 0 Å². The molecule has 0 aliphatic rings. The maximum Gasteiger partial charge on any atom is 0.300 e. The highest BCUT2D eigenvalue weighted by Crippen LogP contribution is 2.19. The molecular weight excluding hydrogens is 174 g/mol. The van der Waals surface area contributed by atoms with Gasteiger partial charge in [-0.25, -0.2) is 0 Å². The molecule has 0 radical (unpaired) electrons. The quantitative estimate of drug-likeness (QED) is 0.459. The Balaban J connectivity index is 3.17. The lowest BCUT2D eigenvalue weighted by molar-refractivity contribution is 0.138. The molecule has 0 nitrogen and oxygen atoms in total. The van der Waals surface area contributed by atoms with Crippen LogP contribution in [0.2, 0.25) is 0 Å². The molecule has 0 saturated carbocycles. The summed E-state index contributed by atoms with van der Waals surface area (Å²) in [6, 6.07) is 0. The highest BCUT2D eigenvalue weighted by Gasteiger charge is 2.18. The highest BCUT2D eigenvalue weighted by atomic mass is 79.9. The van der Waals surface area contributed by atoms with Crippen LogP contribution < -0.4 is 0 Å². The van der Waals surface area contributed by atoms with E-state index in [1.807, 2.05) is 0 Å². The zero-order chi connectivity index (χ0) is 5.21. The number of hydrogen-bond donors (Lipinski definition) is 1. The molecule has 0 amide bonds. The van der Waals surface area contributed by atoms with E-state index in [1.165, 1.54) is 0 Å². The van der Waals surface area contributed by atoms with E-state index in [1.54, 1.807) is 0 Å². The number of rotatable bonds is 1. The van der Waals surface area contributed by atoms with Crippen LogP contribution in [0.5, 0.6) is 0 Å². The predicted octanol–water partition coefficient (Wildman–Crippen LogP) is 1.90. The Bertz CT molecular complexity index is 41.3. The smallest absolute Gasteiger partial charge is 0.194 e. The van der Waals surface area contributed by atoms with Crippen LogP contribution in [0.25, 0.3) is 0 Å². The molecule has 0 saturated heterocycles. The molecule has 0 aliphatic heterocycles. The lowest BCUT2D eigenvalue weighted by Gasteiger charge is -1.99. The zero-order valence-electron chi connectivity index (χ0n) is 2.79. The fourth-order valence-electron chi connectivity index (χ4n) is 0. The van der Waals surface area contributed by atoms with E-state index in [0.29, 0.717) is 0 Å². The Morgan fingerprint density at radius 2 is 1.83 bits per heavy atom. The topological polar surface area (TPSA) is 0 Å². The van der Waals surface area contributed by atoms with Crippen molar-refractivity contribution in [3.63, 3.8) is 0 Å². The van der Waals surface area contributed by atoms with Crippen molar-refractivity contribution in [1.29, 1.82) is 0 Å². The van der Waals surface area contributed by atoms with E-state index >= 15 is 0 Å². The van der Waals surface area contributed by atoms with E-state index in [2.05, 4.69) is 28.6 Å². The average molecular weight is 177 g/mol. The van der Waals surface area contributed by atoms with Gasteiger partial charge in [0.1, 0.15) is 0 Å². The first-order valence-electron chi connectivity index (χ1n) is 1.22. The summed E-state index contributed by atoms with van der Waals surface area (Å²) in [5, 5.41) is -3.23. The van der Waals surface area contributed by atoms with Gasteiger partial charge in [-0.1, -0.05) is 15.9 Å². The maximum absolute atomic E-state index is 11.3. The third-order valence-electron chi connectivity index (χ3n) is 0.161. The van der Waals surface area contributed by atoms with Gasteiger partial charge in [-0.2, -0.15) is 8.78 Å². The van der Waals surface area contributed by atoms with Crippen molar-refractivity contribution in [2.75, 3.05) is 5.33 Å². The second kappa shape index (κ2) is 2.12. The Kier molecular flexibility index (Phi) is 2.36. The Morgan fingerprint density at radius 1 is 1.67 bits per heavy atom. The minimum Gasteiger partial charge on any atom is -0.194 e. The van der Waals surface area contributed by atoms with Crippen LogP contribution in [-0.4, -0.2) is 10.6 Å². The van der Waals surface area contributed by atoms with Gasteiger partial charge in [0, 0.05) is 0 Å². The standard InChI is InChI=1S/C2H3BrF2S/c3-1-2(4,5)6/h6H,1H2. The first kappa shape index (κ1) is 6.69. The summed E-state index contributed by atoms with van der Waals surface area (Å²) in [6.45, 7) is 0. The van der Waals surface area contributed by atoms with Gasteiger partial charge in [0.05, 0.1) is 5.33 Å². The second-order valence-corrected chi connectivity index (χ2v) is 2.01. The molecule has 0 N–H and O–H groups in total. The number of alkyl halides is 3. The van der Waals surface area contributed by atoms with Crippen LogP contribution >= 0.6 is 28.6 Å². The third kappa shape index (κ3) is 4.69. The normalized spacial score (nSPS) is 12.0. The summed E-state index contributed by atoms with van der Waals surface area (Å²) in [5.41, 5.74) is 0. The number of thiol groups is 1. The van der Waals surface area contributed by atoms with Crippen molar-refractivity contribution in [2.45, 2.75) is 5.25 Å². The van der Waals surface area contributed by atoms with Gasteiger partial charge in [0.2, 0.25) is 0 Å². The molecule has 0 unspecified atom stereocenters. The Hall–Kier alpha value is 0.690. The summed E-state index contributed by atoms with van der Waals surface area (Å²) in [6.07, 6.45) is 0. The van der Waals surface area contributed by atoms with Crippen molar-refractivity contribution in [1.82, 2.24) is 0 Å². The van der Waals surface area contributed by atoms with Crippen LogP contribution in [0.4, 0.5) is 8.78 Å². The molecule has 0 atom stereocenters. The van der Waals surface area contributed by atoms with Crippen molar-refractivity contribution in [3.05, 3.63) is 0 Å². The van der Waals surface area contributed by atoms with Gasteiger partial charge >= 0.3 is 5.25 Å². The Morgan fingerprint density at radius 3 is 1.83 bits per heavy atom. The largest absolute Gasteiger partial charge is 0.300 e. The molecule has 0 aromatic heterocycles. The monoisotopic (exact) mass is 176 g/mol. The van der Waals surface area contributed by atoms with Crippen LogP contribution in [0.3, 0.4) is 0 Å². The molecule has 0 rings (SSSR count). The number of hydrogen-bond acceptors (Lipinski definition) is 1. The average Bonchev–Trinajstić information content (AvgIpc) is 1.35. The van der Waals surface area contributed by atoms with Crippen molar-refractivity contribution >= 4 is 28.6 Å². The van der Waals surface area contributed by atoms with E-state index in [0.717, 1.165) is 0 Å². The fourth-order valence-corrected chi connectivity index (χ4v) is 0. The molecule has 0 aromatic carbocycles. The van der Waals surface area contributed by atoms with E-state index in [4.69, 9.17) is 0 Å². The molecule has 6 heavy (non-hydrogen) atoms. The molecule has 0 spiro atoms. The summed E-state index contributed by atoms with van der Waals surface area (Å²) in [4.78, 5) is 0. The van der Waals surface area contributed by atoms with Crippen LogP contribution in [0.15, 0.2) is 0 Å². The molecule has 0 bridgehead atoms. The van der Waals surface area contributed by atoms with Crippen molar-refractivity contribution in [3.8, 4) is 0 Å². The Labute approximate surface area is 48.5 Å². The lowest BCUT2D eigenvalue weighted by Crippen LogP contribution is -2.05. The summed E-state index contributed by atoms with van der Waals surface area (Å²) >= 11 is 5.42. The molecule has 38 valence electrons. The van der Waals surface area contributed by atoms with Crippen LogP contribution in [0.1, 0.15) is 0 Å². The minimum absolute atomic E-state index is 0.386. The highest BCUT2D eigenvalue weighted by molar-refractivity contribution is 9.09. The molecule has 0 aromatic rings. The summed E-state index contributed by atoms with van der Waals surface area (Å²) in [7, 11) is 0. The summed E-state index contributed by atoms with van der Waals surface area (Å²) in [5.74, 6) is 0. The first-order chi connectivity index (χ1) is 2.56. The lowest BCUT2D eigenvalue weighted by atomic mass is 10.8. The third-order valence-corrected chi connectivity index (χ3v) is 1.46. The second-order valence-electron chi connectivity index (χ2n) is 0.799. The van der Waals surface area contributed by atoms with Crippen LogP contribution in [0, 0.1) is 0 Å². The van der Waals surface area contributed by atoms with E-state index in [-0.39, 0.29) is 5.33 Å². The molecule has 0 aliphatic carbocycles. The van der Waals surface area contributed by atoms with E-state index < -0.39 is 5.25 Å². The van der Waals surface area contributed by atoms with E-state index in [9.17, 15) is 8.78 Å². The molecule has 0 fully saturated rings. The van der Waals surface area contributed by atoms with Crippen molar-refractivity contribution < 1.29 is 8.78 Å². The molecule has 4 heteroatoms. The zero-order valence-corrected chi connectivity index (χ0v) is 5.27. The maximum atomic E-state index is 11.3. The predicted molar refractivity (Wildman–Crippen MR) is 27.7 cm³/mol. The minimum atomic E-state index is -2.85. The fraction of sp³-hybridized carbons (Fsp3) is 1.00. The van der Waals surface area contributed by atoms with Gasteiger partial charge in [0.15, 0.2) is 0 Å². The van der Waals surface area contributed by atoms with Crippen LogP contribution in [-0.2, 0) is 0 Å². The first-order valence-corrected chi connectivity index (χ1v) is 2.79. The molecule has 0 heterocycles. The van der Waals surface area contributed by atoms with Gasteiger partial charge in [-0.3, -0.25) is 0 Å². The van der Waals surface area contributed by atoms with Gasteiger partial charge in [-0.15, -0.1) is 12.6 Å².